The second kappa shape index (κ2) is 5.65. The van der Waals surface area contributed by atoms with E-state index in [1.807, 2.05) is 24.4 Å². The van der Waals surface area contributed by atoms with Gasteiger partial charge in [0, 0.05) is 29.9 Å². The van der Waals surface area contributed by atoms with Crippen LogP contribution < -0.4 is 11.1 Å². The fourth-order valence-electron chi connectivity index (χ4n) is 1.86. The van der Waals surface area contributed by atoms with Crippen LogP contribution in [0.2, 0.25) is 0 Å². The molecular weight excluding hydrogens is 222 g/mol. The van der Waals surface area contributed by atoms with Gasteiger partial charge in [0.25, 0.3) is 0 Å². The number of benzene rings is 1. The van der Waals surface area contributed by atoms with Crippen molar-refractivity contribution in [1.29, 1.82) is 0 Å². The molecule has 0 bridgehead atoms. The Hall–Kier alpha value is -1.87. The Labute approximate surface area is 108 Å². The van der Waals surface area contributed by atoms with Crippen LogP contribution in [-0.2, 0) is 6.54 Å². The lowest BCUT2D eigenvalue weighted by Crippen LogP contribution is -2.14. The third kappa shape index (κ3) is 2.87. The Kier molecular flexibility index (Phi) is 3.95. The monoisotopic (exact) mass is 241 g/mol. The van der Waals surface area contributed by atoms with E-state index in [-0.39, 0.29) is 0 Å². The molecular formula is C15H19N3. The fourth-order valence-corrected chi connectivity index (χ4v) is 1.86. The minimum atomic E-state index is 0.352. The van der Waals surface area contributed by atoms with Crippen LogP contribution in [0.3, 0.4) is 0 Å². The molecule has 0 aliphatic rings. The Bertz CT molecular complexity index is 506. The normalized spacial score (nSPS) is 10.7. The van der Waals surface area contributed by atoms with E-state index in [9.17, 15) is 0 Å². The van der Waals surface area contributed by atoms with E-state index in [1.54, 1.807) is 0 Å². The predicted octanol–water partition coefficient (Wildman–Crippen LogP) is 3.03. The highest BCUT2D eigenvalue weighted by atomic mass is 15.0. The molecule has 0 amide bonds. The molecule has 2 aromatic rings. The number of hydrogen-bond acceptors (Lipinski definition) is 3. The van der Waals surface area contributed by atoms with Gasteiger partial charge < -0.3 is 11.1 Å². The summed E-state index contributed by atoms with van der Waals surface area (Å²) in [6.45, 7) is 4.67. The zero-order valence-electron chi connectivity index (χ0n) is 10.9. The molecule has 3 heteroatoms. The van der Waals surface area contributed by atoms with Crippen LogP contribution in [0.5, 0.6) is 0 Å². The summed E-state index contributed by atoms with van der Waals surface area (Å²) in [6.07, 6.45) is 1.89. The SMILES string of the molecule is CC(C)Nc1ncc(-c2ccccc2)cc1CN. The van der Waals surface area contributed by atoms with Gasteiger partial charge in [-0.25, -0.2) is 4.98 Å². The van der Waals surface area contributed by atoms with Crippen molar-refractivity contribution in [2.75, 3.05) is 5.32 Å². The molecule has 3 N–H and O–H groups in total. The van der Waals surface area contributed by atoms with Crippen LogP contribution in [0.15, 0.2) is 42.6 Å². The van der Waals surface area contributed by atoms with Crippen LogP contribution in [-0.4, -0.2) is 11.0 Å². The Morgan fingerprint density at radius 2 is 1.89 bits per heavy atom. The smallest absolute Gasteiger partial charge is 0.130 e. The summed E-state index contributed by atoms with van der Waals surface area (Å²) in [5, 5.41) is 3.31. The first kappa shape index (κ1) is 12.6. The number of pyridine rings is 1. The first-order valence-corrected chi connectivity index (χ1v) is 6.21. The van der Waals surface area contributed by atoms with Gasteiger partial charge in [-0.3, -0.25) is 0 Å². The van der Waals surface area contributed by atoms with Crippen molar-refractivity contribution in [1.82, 2.24) is 4.98 Å². The number of rotatable bonds is 4. The maximum absolute atomic E-state index is 5.79. The number of hydrogen-bond donors (Lipinski definition) is 2. The highest BCUT2D eigenvalue weighted by Gasteiger charge is 2.06. The fraction of sp³-hybridized carbons (Fsp3) is 0.267. The second-order valence-corrected chi connectivity index (χ2v) is 4.60. The molecule has 0 atom stereocenters. The van der Waals surface area contributed by atoms with Crippen molar-refractivity contribution >= 4 is 5.82 Å². The topological polar surface area (TPSA) is 50.9 Å². The standard InChI is InChI=1S/C15H19N3/c1-11(2)18-15-13(9-16)8-14(10-17-15)12-6-4-3-5-7-12/h3-8,10-11H,9,16H2,1-2H3,(H,17,18). The minimum Gasteiger partial charge on any atom is -0.368 e. The maximum Gasteiger partial charge on any atom is 0.130 e. The zero-order valence-corrected chi connectivity index (χ0v) is 10.9. The molecule has 94 valence electrons. The Morgan fingerprint density at radius 3 is 2.50 bits per heavy atom. The molecule has 18 heavy (non-hydrogen) atoms. The molecule has 0 aliphatic carbocycles. The largest absolute Gasteiger partial charge is 0.368 e. The van der Waals surface area contributed by atoms with Gasteiger partial charge in [0.1, 0.15) is 5.82 Å². The van der Waals surface area contributed by atoms with Crippen LogP contribution >= 0.6 is 0 Å². The van der Waals surface area contributed by atoms with E-state index in [2.05, 4.69) is 42.3 Å². The molecule has 3 nitrogen and oxygen atoms in total. The summed E-state index contributed by atoms with van der Waals surface area (Å²) in [7, 11) is 0. The highest BCUT2D eigenvalue weighted by Crippen LogP contribution is 2.23. The maximum atomic E-state index is 5.79. The first-order chi connectivity index (χ1) is 8.70. The summed E-state index contributed by atoms with van der Waals surface area (Å²) < 4.78 is 0. The van der Waals surface area contributed by atoms with E-state index in [4.69, 9.17) is 5.73 Å². The molecule has 0 radical (unpaired) electrons. The van der Waals surface area contributed by atoms with Gasteiger partial charge in [-0.05, 0) is 25.5 Å². The molecule has 0 saturated carbocycles. The van der Waals surface area contributed by atoms with Crippen molar-refractivity contribution < 1.29 is 0 Å². The van der Waals surface area contributed by atoms with Crippen molar-refractivity contribution in [2.24, 2.45) is 5.73 Å². The van der Waals surface area contributed by atoms with Crippen molar-refractivity contribution in [3.05, 3.63) is 48.2 Å². The Morgan fingerprint density at radius 1 is 1.17 bits per heavy atom. The number of nitrogens with zero attached hydrogens (tertiary/aromatic N) is 1. The molecule has 1 aromatic heterocycles. The number of nitrogens with two attached hydrogens (primary N) is 1. The summed E-state index contributed by atoms with van der Waals surface area (Å²) in [5.41, 5.74) is 9.10. The van der Waals surface area contributed by atoms with Gasteiger partial charge in [0.2, 0.25) is 0 Å². The summed E-state index contributed by atoms with van der Waals surface area (Å²) in [6, 6.07) is 12.7. The van der Waals surface area contributed by atoms with Crippen LogP contribution in [0, 0.1) is 0 Å². The third-order valence-corrected chi connectivity index (χ3v) is 2.72. The van der Waals surface area contributed by atoms with E-state index < -0.39 is 0 Å². The average molecular weight is 241 g/mol. The third-order valence-electron chi connectivity index (χ3n) is 2.72. The summed E-state index contributed by atoms with van der Waals surface area (Å²) in [4.78, 5) is 4.47. The zero-order chi connectivity index (χ0) is 13.0. The molecule has 2 rings (SSSR count). The van der Waals surface area contributed by atoms with Gasteiger partial charge in [-0.1, -0.05) is 30.3 Å². The summed E-state index contributed by atoms with van der Waals surface area (Å²) >= 11 is 0. The molecule has 0 aliphatic heterocycles. The van der Waals surface area contributed by atoms with Crippen LogP contribution in [0.1, 0.15) is 19.4 Å². The van der Waals surface area contributed by atoms with Gasteiger partial charge in [-0.15, -0.1) is 0 Å². The van der Waals surface area contributed by atoms with Crippen molar-refractivity contribution in [2.45, 2.75) is 26.4 Å². The molecule has 0 saturated heterocycles. The first-order valence-electron chi connectivity index (χ1n) is 6.21. The minimum absolute atomic E-state index is 0.352. The predicted molar refractivity (Wildman–Crippen MR) is 76.3 cm³/mol. The van der Waals surface area contributed by atoms with E-state index in [1.165, 1.54) is 0 Å². The van der Waals surface area contributed by atoms with Crippen molar-refractivity contribution in [3.8, 4) is 11.1 Å². The van der Waals surface area contributed by atoms with Gasteiger partial charge in [0.05, 0.1) is 0 Å². The van der Waals surface area contributed by atoms with Crippen molar-refractivity contribution in [3.63, 3.8) is 0 Å². The van der Waals surface area contributed by atoms with Crippen LogP contribution in [0.4, 0.5) is 5.82 Å². The second-order valence-electron chi connectivity index (χ2n) is 4.60. The van der Waals surface area contributed by atoms with E-state index in [0.29, 0.717) is 12.6 Å². The molecule has 0 spiro atoms. The molecule has 1 heterocycles. The van der Waals surface area contributed by atoms with E-state index >= 15 is 0 Å². The number of nitrogens with one attached hydrogen (secondary N) is 1. The van der Waals surface area contributed by atoms with Crippen LogP contribution in [0.25, 0.3) is 11.1 Å². The lowest BCUT2D eigenvalue weighted by atomic mass is 10.1. The van der Waals surface area contributed by atoms with E-state index in [0.717, 1.165) is 22.5 Å². The van der Waals surface area contributed by atoms with Gasteiger partial charge in [0.15, 0.2) is 0 Å². The lowest BCUT2D eigenvalue weighted by Gasteiger charge is -2.14. The number of anilines is 1. The molecule has 0 fully saturated rings. The van der Waals surface area contributed by atoms with Gasteiger partial charge in [-0.2, -0.15) is 0 Å². The average Bonchev–Trinajstić information content (AvgIpc) is 2.39. The Balaban J connectivity index is 2.36. The number of aromatic nitrogens is 1. The molecule has 0 unspecified atom stereocenters. The summed E-state index contributed by atoms with van der Waals surface area (Å²) in [5.74, 6) is 0.882. The van der Waals surface area contributed by atoms with Gasteiger partial charge >= 0.3 is 0 Å². The quantitative estimate of drug-likeness (QED) is 0.865. The lowest BCUT2D eigenvalue weighted by molar-refractivity contribution is 0.879. The molecule has 1 aromatic carbocycles. The highest BCUT2D eigenvalue weighted by molar-refractivity contribution is 5.65.